The fourth-order valence-corrected chi connectivity index (χ4v) is 1.73. The molecule has 6 nitrogen and oxygen atoms in total. The van der Waals surface area contributed by atoms with E-state index in [0.29, 0.717) is 25.1 Å². The number of primary sulfonamides is 1. The van der Waals surface area contributed by atoms with Gasteiger partial charge in [0.15, 0.2) is 0 Å². The molecule has 0 aliphatic rings. The van der Waals surface area contributed by atoms with E-state index < -0.39 is 10.0 Å². The maximum absolute atomic E-state index is 11.3. The molecule has 1 aromatic carbocycles. The van der Waals surface area contributed by atoms with E-state index in [-0.39, 0.29) is 10.8 Å². The summed E-state index contributed by atoms with van der Waals surface area (Å²) in [5, 5.41) is 7.57. The summed E-state index contributed by atoms with van der Waals surface area (Å²) in [7, 11) is -3.69. The van der Waals surface area contributed by atoms with Gasteiger partial charge in [0.05, 0.1) is 4.90 Å². The Morgan fingerprint density at radius 2 is 1.82 bits per heavy atom. The number of benzene rings is 1. The van der Waals surface area contributed by atoms with Crippen molar-refractivity contribution in [1.82, 2.24) is 0 Å². The van der Waals surface area contributed by atoms with Crippen molar-refractivity contribution in [3.63, 3.8) is 0 Å². The summed E-state index contributed by atoms with van der Waals surface area (Å²) in [5.74, 6) is -0.154. The van der Waals surface area contributed by atoms with Gasteiger partial charge in [0.25, 0.3) is 0 Å². The predicted molar refractivity (Wildman–Crippen MR) is 64.7 cm³/mol. The van der Waals surface area contributed by atoms with E-state index in [4.69, 9.17) is 10.9 Å². The highest BCUT2D eigenvalue weighted by Crippen LogP contribution is 2.12. The number of anilines is 1. The number of rotatable bonds is 5. The maximum Gasteiger partial charge on any atom is 0.238 e. The molecule has 0 bridgehead atoms. The molecule has 0 atom stereocenters. The minimum atomic E-state index is -3.69. The van der Waals surface area contributed by atoms with Gasteiger partial charge in [-0.1, -0.05) is 0 Å². The lowest BCUT2D eigenvalue weighted by Gasteiger charge is -2.05. The molecule has 0 unspecified atom stereocenters. The third-order valence-corrected chi connectivity index (χ3v) is 3.00. The van der Waals surface area contributed by atoms with Crippen LogP contribution in [0, 0.1) is 0 Å². The van der Waals surface area contributed by atoms with Crippen LogP contribution in [0.2, 0.25) is 0 Å². The minimum Gasteiger partial charge on any atom is -0.330 e. The molecule has 0 saturated carbocycles. The molecule has 0 spiro atoms. The van der Waals surface area contributed by atoms with Gasteiger partial charge in [-0.25, -0.2) is 13.6 Å². The second kappa shape index (κ2) is 5.76. The van der Waals surface area contributed by atoms with Crippen LogP contribution < -0.4 is 16.2 Å². The molecule has 0 fully saturated rings. The Morgan fingerprint density at radius 1 is 1.24 bits per heavy atom. The van der Waals surface area contributed by atoms with Crippen LogP contribution in [-0.2, 0) is 14.8 Å². The number of sulfonamides is 1. The van der Waals surface area contributed by atoms with Gasteiger partial charge < -0.3 is 11.1 Å². The van der Waals surface area contributed by atoms with Crippen molar-refractivity contribution in [3.05, 3.63) is 24.3 Å². The summed E-state index contributed by atoms with van der Waals surface area (Å²) >= 11 is 0. The van der Waals surface area contributed by atoms with Gasteiger partial charge in [-0.05, 0) is 37.2 Å². The van der Waals surface area contributed by atoms with Gasteiger partial charge in [0.2, 0.25) is 15.9 Å². The molecular formula is C10H15N3O3S. The third kappa shape index (κ3) is 4.51. The van der Waals surface area contributed by atoms with Crippen LogP contribution in [-0.4, -0.2) is 20.9 Å². The second-order valence-electron chi connectivity index (χ2n) is 3.51. The Bertz CT molecular complexity index is 482. The summed E-state index contributed by atoms with van der Waals surface area (Å²) in [4.78, 5) is 11.4. The van der Waals surface area contributed by atoms with Crippen LogP contribution >= 0.6 is 0 Å². The first-order chi connectivity index (χ1) is 7.93. The van der Waals surface area contributed by atoms with Gasteiger partial charge >= 0.3 is 0 Å². The van der Waals surface area contributed by atoms with Gasteiger partial charge in [-0.15, -0.1) is 0 Å². The van der Waals surface area contributed by atoms with Crippen molar-refractivity contribution in [2.45, 2.75) is 17.7 Å². The van der Waals surface area contributed by atoms with Crippen molar-refractivity contribution in [2.75, 3.05) is 11.9 Å². The highest BCUT2D eigenvalue weighted by molar-refractivity contribution is 7.89. The third-order valence-electron chi connectivity index (χ3n) is 2.07. The summed E-state index contributed by atoms with van der Waals surface area (Å²) < 4.78 is 22.0. The average molecular weight is 257 g/mol. The van der Waals surface area contributed by atoms with Crippen molar-refractivity contribution in [1.29, 1.82) is 0 Å². The van der Waals surface area contributed by atoms with Gasteiger partial charge in [-0.3, -0.25) is 4.79 Å². The molecule has 1 amide bonds. The molecule has 17 heavy (non-hydrogen) atoms. The van der Waals surface area contributed by atoms with E-state index in [9.17, 15) is 13.2 Å². The quantitative estimate of drug-likeness (QED) is 0.689. The standard InChI is InChI=1S/C10H15N3O3S/c11-7-1-2-10(14)13-8-3-5-9(6-4-8)17(12,15)16/h3-6H,1-2,7,11H2,(H,13,14)(H2,12,15,16). The number of hydrogen-bond donors (Lipinski definition) is 3. The summed E-state index contributed by atoms with van der Waals surface area (Å²) in [6, 6.07) is 5.65. The molecule has 0 aliphatic carbocycles. The van der Waals surface area contributed by atoms with Crippen molar-refractivity contribution >= 4 is 21.6 Å². The zero-order chi connectivity index (χ0) is 12.9. The van der Waals surface area contributed by atoms with Crippen LogP contribution in [0.5, 0.6) is 0 Å². The zero-order valence-electron chi connectivity index (χ0n) is 9.22. The van der Waals surface area contributed by atoms with Crippen molar-refractivity contribution in [2.24, 2.45) is 10.9 Å². The monoisotopic (exact) mass is 257 g/mol. The molecule has 0 saturated heterocycles. The second-order valence-corrected chi connectivity index (χ2v) is 5.07. The highest BCUT2D eigenvalue weighted by Gasteiger charge is 2.07. The largest absolute Gasteiger partial charge is 0.330 e. The first-order valence-electron chi connectivity index (χ1n) is 5.06. The number of carbonyl (C=O) groups excluding carboxylic acids is 1. The molecule has 0 heterocycles. The normalized spacial score (nSPS) is 11.2. The van der Waals surface area contributed by atoms with E-state index >= 15 is 0 Å². The molecule has 7 heteroatoms. The molecule has 0 aliphatic heterocycles. The van der Waals surface area contributed by atoms with Gasteiger partial charge in [0, 0.05) is 12.1 Å². The van der Waals surface area contributed by atoms with Crippen LogP contribution in [0.4, 0.5) is 5.69 Å². The summed E-state index contributed by atoms with van der Waals surface area (Å²) in [6.07, 6.45) is 0.953. The molecule has 0 radical (unpaired) electrons. The predicted octanol–water partition coefficient (Wildman–Crippen LogP) is 0.0114. The SMILES string of the molecule is NCCCC(=O)Nc1ccc(S(N)(=O)=O)cc1. The maximum atomic E-state index is 11.3. The van der Waals surface area contributed by atoms with E-state index in [2.05, 4.69) is 5.32 Å². The van der Waals surface area contributed by atoms with Crippen LogP contribution in [0.25, 0.3) is 0 Å². The molecule has 5 N–H and O–H groups in total. The molecular weight excluding hydrogens is 242 g/mol. The van der Waals surface area contributed by atoms with Crippen LogP contribution in [0.1, 0.15) is 12.8 Å². The molecule has 1 aromatic rings. The molecule has 0 aromatic heterocycles. The van der Waals surface area contributed by atoms with Crippen molar-refractivity contribution < 1.29 is 13.2 Å². The average Bonchev–Trinajstić information content (AvgIpc) is 2.26. The number of hydrogen-bond acceptors (Lipinski definition) is 4. The molecule has 1 rings (SSSR count). The van der Waals surface area contributed by atoms with E-state index in [1.807, 2.05) is 0 Å². The Kier molecular flexibility index (Phi) is 4.62. The summed E-state index contributed by atoms with van der Waals surface area (Å²) in [5.41, 5.74) is 5.80. The fourth-order valence-electron chi connectivity index (χ4n) is 1.21. The number of nitrogens with two attached hydrogens (primary N) is 2. The summed E-state index contributed by atoms with van der Waals surface area (Å²) in [6.45, 7) is 0.456. The zero-order valence-corrected chi connectivity index (χ0v) is 10.0. The Hall–Kier alpha value is -1.44. The lowest BCUT2D eigenvalue weighted by Crippen LogP contribution is -2.14. The Labute approximate surface area is 100 Å². The highest BCUT2D eigenvalue weighted by atomic mass is 32.2. The number of carbonyl (C=O) groups is 1. The molecule has 94 valence electrons. The van der Waals surface area contributed by atoms with E-state index in [0.717, 1.165) is 0 Å². The van der Waals surface area contributed by atoms with Crippen LogP contribution in [0.15, 0.2) is 29.2 Å². The Balaban J connectivity index is 2.66. The fraction of sp³-hybridized carbons (Fsp3) is 0.300. The van der Waals surface area contributed by atoms with Crippen molar-refractivity contribution in [3.8, 4) is 0 Å². The first kappa shape index (κ1) is 13.6. The van der Waals surface area contributed by atoms with E-state index in [1.165, 1.54) is 24.3 Å². The number of nitrogens with one attached hydrogen (secondary N) is 1. The van der Waals surface area contributed by atoms with Gasteiger partial charge in [-0.2, -0.15) is 0 Å². The van der Waals surface area contributed by atoms with Crippen LogP contribution in [0.3, 0.4) is 0 Å². The Morgan fingerprint density at radius 3 is 2.29 bits per heavy atom. The lowest BCUT2D eigenvalue weighted by atomic mass is 10.2. The number of amides is 1. The smallest absolute Gasteiger partial charge is 0.238 e. The van der Waals surface area contributed by atoms with Gasteiger partial charge in [0.1, 0.15) is 0 Å². The lowest BCUT2D eigenvalue weighted by molar-refractivity contribution is -0.116. The topological polar surface area (TPSA) is 115 Å². The van der Waals surface area contributed by atoms with E-state index in [1.54, 1.807) is 0 Å². The minimum absolute atomic E-state index is 0.0115. The first-order valence-corrected chi connectivity index (χ1v) is 6.61.